The molecule has 0 bridgehead atoms. The fourth-order valence-corrected chi connectivity index (χ4v) is 4.57. The largest absolute Gasteiger partial charge is 0.395 e. The van der Waals surface area contributed by atoms with Gasteiger partial charge >= 0.3 is 0 Å². The minimum atomic E-state index is -0.297. The van der Waals surface area contributed by atoms with Crippen LogP contribution < -0.4 is 5.32 Å². The van der Waals surface area contributed by atoms with Crippen LogP contribution in [0.15, 0.2) is 60.7 Å². The molecule has 2 N–H and O–H groups in total. The first-order chi connectivity index (χ1) is 15.6. The van der Waals surface area contributed by atoms with Gasteiger partial charge in [-0.15, -0.1) is 0 Å². The molecule has 5 rings (SSSR count). The normalized spacial score (nSPS) is 14.5. The third kappa shape index (κ3) is 3.20. The Bertz CT molecular complexity index is 1260. The Kier molecular flexibility index (Phi) is 5.07. The van der Waals surface area contributed by atoms with E-state index in [-0.39, 0.29) is 41.8 Å². The summed E-state index contributed by atoms with van der Waals surface area (Å²) in [5, 5.41) is 12.4. The number of benzene rings is 3. The fourth-order valence-electron chi connectivity index (χ4n) is 4.57. The first-order valence-corrected chi connectivity index (χ1v) is 10.7. The Hall–Kier alpha value is -3.77. The lowest BCUT2D eigenvalue weighted by molar-refractivity contribution is 0.0735. The lowest BCUT2D eigenvalue weighted by Gasteiger charge is -2.30. The van der Waals surface area contributed by atoms with Crippen molar-refractivity contribution >= 4 is 23.2 Å². The predicted molar refractivity (Wildman–Crippen MR) is 120 cm³/mol. The number of hydrogen-bond donors (Lipinski definition) is 2. The topological polar surface area (TPSA) is 86.7 Å². The van der Waals surface area contributed by atoms with Crippen molar-refractivity contribution in [2.45, 2.75) is 13.0 Å². The SMILES string of the molecule is O=C1c2ccccc2C(=O)c2c1ccc(C(=O)N1CCc3ccccc3C1)c2NCCO. The number of nitrogens with zero attached hydrogens (tertiary/aromatic N) is 1. The van der Waals surface area contributed by atoms with Crippen molar-refractivity contribution in [1.82, 2.24) is 4.90 Å². The van der Waals surface area contributed by atoms with Gasteiger partial charge in [0.15, 0.2) is 11.6 Å². The van der Waals surface area contributed by atoms with Crippen LogP contribution in [0.1, 0.15) is 53.3 Å². The highest BCUT2D eigenvalue weighted by Crippen LogP contribution is 2.35. The second kappa shape index (κ2) is 8.05. The summed E-state index contributed by atoms with van der Waals surface area (Å²) in [5.41, 5.74) is 4.15. The highest BCUT2D eigenvalue weighted by Gasteiger charge is 2.34. The molecule has 1 amide bonds. The summed E-state index contributed by atoms with van der Waals surface area (Å²) in [5.74, 6) is -0.746. The maximum absolute atomic E-state index is 13.5. The van der Waals surface area contributed by atoms with Crippen LogP contribution >= 0.6 is 0 Å². The van der Waals surface area contributed by atoms with Crippen molar-refractivity contribution in [2.24, 2.45) is 0 Å². The maximum Gasteiger partial charge on any atom is 0.256 e. The molecule has 0 saturated carbocycles. The van der Waals surface area contributed by atoms with Crippen LogP contribution in [0.5, 0.6) is 0 Å². The van der Waals surface area contributed by atoms with Crippen molar-refractivity contribution < 1.29 is 19.5 Å². The van der Waals surface area contributed by atoms with E-state index in [4.69, 9.17) is 0 Å². The molecule has 2 aliphatic rings. The van der Waals surface area contributed by atoms with Crippen molar-refractivity contribution in [2.75, 3.05) is 25.0 Å². The number of aliphatic hydroxyl groups is 1. The lowest BCUT2D eigenvalue weighted by atomic mass is 9.82. The molecule has 0 spiro atoms. The number of aliphatic hydroxyl groups excluding tert-OH is 1. The first kappa shape index (κ1) is 20.2. The summed E-state index contributed by atoms with van der Waals surface area (Å²) in [7, 11) is 0. The van der Waals surface area contributed by atoms with Gasteiger partial charge in [-0.1, -0.05) is 48.5 Å². The fraction of sp³-hybridized carbons (Fsp3) is 0.192. The highest BCUT2D eigenvalue weighted by molar-refractivity contribution is 6.31. The van der Waals surface area contributed by atoms with Crippen LogP contribution in [0.4, 0.5) is 5.69 Å². The van der Waals surface area contributed by atoms with Crippen LogP contribution in [-0.2, 0) is 13.0 Å². The molecule has 0 radical (unpaired) electrons. The summed E-state index contributed by atoms with van der Waals surface area (Å²) in [6.07, 6.45) is 0.761. The van der Waals surface area contributed by atoms with Crippen molar-refractivity contribution in [3.05, 3.63) is 99.6 Å². The van der Waals surface area contributed by atoms with Crippen LogP contribution in [-0.4, -0.2) is 47.2 Å². The molecular formula is C26H22N2O4. The second-order valence-corrected chi connectivity index (χ2v) is 8.01. The zero-order chi connectivity index (χ0) is 22.2. The number of hydrogen-bond acceptors (Lipinski definition) is 5. The molecule has 0 unspecified atom stereocenters. The van der Waals surface area contributed by atoms with Gasteiger partial charge in [-0.25, -0.2) is 0 Å². The molecule has 1 heterocycles. The standard InChI is InChI=1S/C26H22N2O4/c29-14-12-27-23-21(26(32)28-13-11-16-5-1-2-6-17(16)15-28)10-9-20-22(23)25(31)19-8-4-3-7-18(19)24(20)30/h1-10,27,29H,11-15H2. The van der Waals surface area contributed by atoms with Crippen molar-refractivity contribution in [3.8, 4) is 0 Å². The van der Waals surface area contributed by atoms with Gasteiger partial charge in [-0.2, -0.15) is 0 Å². The van der Waals surface area contributed by atoms with Gasteiger partial charge in [0.2, 0.25) is 0 Å². The molecule has 6 heteroatoms. The second-order valence-electron chi connectivity index (χ2n) is 8.01. The minimum absolute atomic E-state index is 0.155. The van der Waals surface area contributed by atoms with E-state index < -0.39 is 0 Å². The predicted octanol–water partition coefficient (Wildman–Crippen LogP) is 3.06. The van der Waals surface area contributed by atoms with E-state index in [9.17, 15) is 19.5 Å². The summed E-state index contributed by atoms with van der Waals surface area (Å²) in [4.78, 5) is 41.7. The third-order valence-electron chi connectivity index (χ3n) is 6.16. The quantitative estimate of drug-likeness (QED) is 0.524. The van der Waals surface area contributed by atoms with Crippen LogP contribution in [0.3, 0.4) is 0 Å². The van der Waals surface area contributed by atoms with Crippen molar-refractivity contribution in [3.63, 3.8) is 0 Å². The number of anilines is 1. The zero-order valence-electron chi connectivity index (χ0n) is 17.4. The molecule has 0 aromatic heterocycles. The smallest absolute Gasteiger partial charge is 0.256 e. The van der Waals surface area contributed by atoms with E-state index in [2.05, 4.69) is 11.4 Å². The number of nitrogens with one attached hydrogen (secondary N) is 1. The van der Waals surface area contributed by atoms with E-state index in [1.54, 1.807) is 41.3 Å². The van der Waals surface area contributed by atoms with E-state index in [1.807, 2.05) is 18.2 Å². The zero-order valence-corrected chi connectivity index (χ0v) is 17.4. The van der Waals surface area contributed by atoms with Gasteiger partial charge in [0, 0.05) is 36.3 Å². The molecule has 3 aromatic carbocycles. The summed E-state index contributed by atoms with van der Waals surface area (Å²) < 4.78 is 0. The van der Waals surface area contributed by atoms with E-state index >= 15 is 0 Å². The number of ketones is 2. The molecule has 0 saturated heterocycles. The van der Waals surface area contributed by atoms with E-state index in [0.29, 0.717) is 35.5 Å². The lowest BCUT2D eigenvalue weighted by Crippen LogP contribution is -2.37. The van der Waals surface area contributed by atoms with Gasteiger partial charge < -0.3 is 15.3 Å². The average molecular weight is 426 g/mol. The molecule has 0 atom stereocenters. The Morgan fingerprint density at radius 2 is 1.56 bits per heavy atom. The number of fused-ring (bicyclic) bond motifs is 3. The number of carbonyl (C=O) groups is 3. The van der Waals surface area contributed by atoms with Crippen molar-refractivity contribution in [1.29, 1.82) is 0 Å². The molecule has 160 valence electrons. The van der Waals surface area contributed by atoms with Gasteiger partial charge in [0.1, 0.15) is 0 Å². The molecular weight excluding hydrogens is 404 g/mol. The maximum atomic E-state index is 13.5. The van der Waals surface area contributed by atoms with Gasteiger partial charge in [-0.05, 0) is 29.7 Å². The van der Waals surface area contributed by atoms with Crippen LogP contribution in [0, 0.1) is 0 Å². The summed E-state index contributed by atoms with van der Waals surface area (Å²) in [6.45, 7) is 1.04. The summed E-state index contributed by atoms with van der Waals surface area (Å²) >= 11 is 0. The van der Waals surface area contributed by atoms with Gasteiger partial charge in [0.05, 0.1) is 23.4 Å². The Balaban J connectivity index is 1.59. The molecule has 32 heavy (non-hydrogen) atoms. The van der Waals surface area contributed by atoms with E-state index in [0.717, 1.165) is 12.0 Å². The molecule has 6 nitrogen and oxygen atoms in total. The average Bonchev–Trinajstić information content (AvgIpc) is 2.84. The van der Waals surface area contributed by atoms with Crippen LogP contribution in [0.25, 0.3) is 0 Å². The first-order valence-electron chi connectivity index (χ1n) is 10.7. The van der Waals surface area contributed by atoms with Crippen LogP contribution in [0.2, 0.25) is 0 Å². The third-order valence-corrected chi connectivity index (χ3v) is 6.16. The highest BCUT2D eigenvalue weighted by atomic mass is 16.3. The number of amides is 1. The minimum Gasteiger partial charge on any atom is -0.395 e. The monoisotopic (exact) mass is 426 g/mol. The Morgan fingerprint density at radius 3 is 2.31 bits per heavy atom. The molecule has 1 aliphatic carbocycles. The van der Waals surface area contributed by atoms with E-state index in [1.165, 1.54) is 5.56 Å². The Labute approximate surface area is 185 Å². The molecule has 3 aromatic rings. The Morgan fingerprint density at radius 1 is 0.875 bits per heavy atom. The van der Waals surface area contributed by atoms with Gasteiger partial charge in [0.25, 0.3) is 5.91 Å². The number of rotatable bonds is 4. The molecule has 0 fully saturated rings. The summed E-state index contributed by atoms with van der Waals surface area (Å²) in [6, 6.07) is 18.0. The molecule has 1 aliphatic heterocycles. The number of carbonyl (C=O) groups excluding carboxylic acids is 3. The van der Waals surface area contributed by atoms with Gasteiger partial charge in [-0.3, -0.25) is 14.4 Å².